The van der Waals surface area contributed by atoms with Crippen LogP contribution in [-0.2, 0) is 0 Å². The molecule has 146 valence electrons. The Morgan fingerprint density at radius 3 is 1.10 bits per heavy atom. The highest BCUT2D eigenvalue weighted by atomic mass is 14.1. The molecule has 0 unspecified atom stereocenters. The summed E-state index contributed by atoms with van der Waals surface area (Å²) in [7, 11) is 0. The van der Waals surface area contributed by atoms with Gasteiger partial charge in [0.05, 0.1) is 0 Å². The number of allylic oxidation sites excluding steroid dienone is 1. The number of hydrogen-bond donors (Lipinski definition) is 0. The summed E-state index contributed by atoms with van der Waals surface area (Å²) in [5.41, 5.74) is 6.44. The summed E-state index contributed by atoms with van der Waals surface area (Å²) < 4.78 is 0. The standard InChI is InChI=1S/C31H22/c1-2-31(29-21-17-27(18-22-29)15-13-25-9-5-3-6-10-25)30-23-19-28(20-24-30)16-14-26-11-7-4-8-12-26/h2-12,17-24,31H,1H2. The van der Waals surface area contributed by atoms with Gasteiger partial charge in [0.25, 0.3) is 0 Å². The molecule has 0 aliphatic carbocycles. The van der Waals surface area contributed by atoms with E-state index in [-0.39, 0.29) is 5.92 Å². The van der Waals surface area contributed by atoms with Crippen LogP contribution < -0.4 is 0 Å². The van der Waals surface area contributed by atoms with Crippen molar-refractivity contribution in [3.8, 4) is 23.7 Å². The van der Waals surface area contributed by atoms with Crippen molar-refractivity contribution in [1.29, 1.82) is 0 Å². The van der Waals surface area contributed by atoms with E-state index in [0.717, 1.165) is 22.3 Å². The number of benzene rings is 4. The van der Waals surface area contributed by atoms with Crippen LogP contribution in [0.15, 0.2) is 122 Å². The zero-order valence-corrected chi connectivity index (χ0v) is 17.3. The van der Waals surface area contributed by atoms with Crippen LogP contribution in [0.25, 0.3) is 0 Å². The third-order valence-corrected chi connectivity index (χ3v) is 5.03. The predicted octanol–water partition coefficient (Wildman–Crippen LogP) is 6.80. The second-order valence-electron chi connectivity index (χ2n) is 7.19. The minimum Gasteiger partial charge on any atom is -0.102 e. The fourth-order valence-corrected chi connectivity index (χ4v) is 3.34. The molecule has 0 aliphatic heterocycles. The maximum atomic E-state index is 4.05. The van der Waals surface area contributed by atoms with E-state index in [1.165, 1.54) is 11.1 Å². The minimum absolute atomic E-state index is 0.132. The van der Waals surface area contributed by atoms with Gasteiger partial charge < -0.3 is 0 Å². The van der Waals surface area contributed by atoms with Crippen LogP contribution >= 0.6 is 0 Å². The van der Waals surface area contributed by atoms with Crippen molar-refractivity contribution in [2.75, 3.05) is 0 Å². The minimum atomic E-state index is 0.132. The Balaban J connectivity index is 1.49. The molecule has 0 heteroatoms. The van der Waals surface area contributed by atoms with Crippen molar-refractivity contribution in [3.63, 3.8) is 0 Å². The maximum Gasteiger partial charge on any atom is 0.0266 e. The molecule has 4 aromatic carbocycles. The first-order chi connectivity index (χ1) is 15.3. The molecule has 0 radical (unpaired) electrons. The molecule has 0 saturated heterocycles. The Morgan fingerprint density at radius 1 is 0.452 bits per heavy atom. The summed E-state index contributed by atoms with van der Waals surface area (Å²) in [5.74, 6) is 13.0. The lowest BCUT2D eigenvalue weighted by molar-refractivity contribution is 1.03. The maximum absolute atomic E-state index is 4.05. The van der Waals surface area contributed by atoms with E-state index in [4.69, 9.17) is 0 Å². The molecule has 4 rings (SSSR count). The first-order valence-corrected chi connectivity index (χ1v) is 10.3. The highest BCUT2D eigenvalue weighted by Crippen LogP contribution is 2.26. The zero-order valence-electron chi connectivity index (χ0n) is 17.3. The summed E-state index contributed by atoms with van der Waals surface area (Å²) >= 11 is 0. The van der Waals surface area contributed by atoms with E-state index < -0.39 is 0 Å². The molecule has 0 aliphatic rings. The van der Waals surface area contributed by atoms with E-state index >= 15 is 0 Å². The van der Waals surface area contributed by atoms with E-state index in [9.17, 15) is 0 Å². The van der Waals surface area contributed by atoms with Gasteiger partial charge in [-0.2, -0.15) is 0 Å². The molecule has 0 atom stereocenters. The Bertz CT molecular complexity index is 1150. The molecule has 0 N–H and O–H groups in total. The van der Waals surface area contributed by atoms with Crippen LogP contribution in [0, 0.1) is 23.7 Å². The average Bonchev–Trinajstić information content (AvgIpc) is 2.85. The van der Waals surface area contributed by atoms with Gasteiger partial charge in [0, 0.05) is 28.2 Å². The summed E-state index contributed by atoms with van der Waals surface area (Å²) in [5, 5.41) is 0. The van der Waals surface area contributed by atoms with E-state index in [1.54, 1.807) is 0 Å². The van der Waals surface area contributed by atoms with E-state index in [2.05, 4.69) is 78.8 Å². The highest BCUT2D eigenvalue weighted by Gasteiger charge is 2.10. The Labute approximate surface area is 184 Å². The monoisotopic (exact) mass is 394 g/mol. The van der Waals surface area contributed by atoms with E-state index in [1.807, 2.05) is 66.7 Å². The molecular weight excluding hydrogens is 372 g/mol. The van der Waals surface area contributed by atoms with Gasteiger partial charge in [-0.25, -0.2) is 0 Å². The molecule has 4 aromatic rings. The second kappa shape index (κ2) is 9.98. The zero-order chi connectivity index (χ0) is 21.3. The molecule has 0 nitrogen and oxygen atoms in total. The Hall–Kier alpha value is -4.26. The summed E-state index contributed by atoms with van der Waals surface area (Å²) in [6.07, 6.45) is 1.98. The van der Waals surface area contributed by atoms with Crippen molar-refractivity contribution in [2.45, 2.75) is 5.92 Å². The first-order valence-electron chi connectivity index (χ1n) is 10.3. The second-order valence-corrected chi connectivity index (χ2v) is 7.19. The average molecular weight is 395 g/mol. The molecule has 0 bridgehead atoms. The van der Waals surface area contributed by atoms with Crippen molar-refractivity contribution < 1.29 is 0 Å². The molecule has 0 spiro atoms. The molecule has 0 fully saturated rings. The quantitative estimate of drug-likeness (QED) is 0.265. The van der Waals surface area contributed by atoms with Crippen molar-refractivity contribution in [3.05, 3.63) is 155 Å². The summed E-state index contributed by atoms with van der Waals surface area (Å²) in [6.45, 7) is 4.05. The largest absolute Gasteiger partial charge is 0.102 e. The van der Waals surface area contributed by atoms with Gasteiger partial charge in [-0.15, -0.1) is 6.58 Å². The first kappa shape index (κ1) is 20.0. The molecule has 0 amide bonds. The van der Waals surface area contributed by atoms with Gasteiger partial charge in [-0.1, -0.05) is 90.4 Å². The van der Waals surface area contributed by atoms with Gasteiger partial charge in [-0.05, 0) is 59.7 Å². The Kier molecular flexibility index (Phi) is 6.45. The lowest BCUT2D eigenvalue weighted by Crippen LogP contribution is -1.97. The molecule has 0 aromatic heterocycles. The normalized spacial score (nSPS) is 9.84. The summed E-state index contributed by atoms with van der Waals surface area (Å²) in [4.78, 5) is 0. The Morgan fingerprint density at radius 2 is 0.774 bits per heavy atom. The van der Waals surface area contributed by atoms with Crippen LogP contribution in [0.3, 0.4) is 0 Å². The summed E-state index contributed by atoms with van der Waals surface area (Å²) in [6, 6.07) is 36.9. The van der Waals surface area contributed by atoms with Crippen LogP contribution in [0.2, 0.25) is 0 Å². The fraction of sp³-hybridized carbons (Fsp3) is 0.0323. The smallest absolute Gasteiger partial charge is 0.0266 e. The van der Waals surface area contributed by atoms with Gasteiger partial charge in [-0.3, -0.25) is 0 Å². The van der Waals surface area contributed by atoms with Crippen LogP contribution in [0.1, 0.15) is 39.3 Å². The van der Waals surface area contributed by atoms with Crippen LogP contribution in [0.4, 0.5) is 0 Å². The van der Waals surface area contributed by atoms with Gasteiger partial charge >= 0.3 is 0 Å². The van der Waals surface area contributed by atoms with Gasteiger partial charge in [0.1, 0.15) is 0 Å². The fourth-order valence-electron chi connectivity index (χ4n) is 3.34. The molecule has 0 heterocycles. The topological polar surface area (TPSA) is 0 Å². The SMILES string of the molecule is C=CC(c1ccc(C#Cc2ccccc2)cc1)c1ccc(C#Cc2ccccc2)cc1. The predicted molar refractivity (Wildman–Crippen MR) is 130 cm³/mol. The van der Waals surface area contributed by atoms with Crippen molar-refractivity contribution in [2.24, 2.45) is 0 Å². The number of hydrogen-bond acceptors (Lipinski definition) is 0. The van der Waals surface area contributed by atoms with Crippen LogP contribution in [-0.4, -0.2) is 0 Å². The molecule has 31 heavy (non-hydrogen) atoms. The molecule has 0 saturated carbocycles. The third-order valence-electron chi connectivity index (χ3n) is 5.03. The van der Waals surface area contributed by atoms with Crippen molar-refractivity contribution >= 4 is 0 Å². The van der Waals surface area contributed by atoms with E-state index in [0.29, 0.717) is 0 Å². The lowest BCUT2D eigenvalue weighted by atomic mass is 9.90. The van der Waals surface area contributed by atoms with Crippen LogP contribution in [0.5, 0.6) is 0 Å². The van der Waals surface area contributed by atoms with Gasteiger partial charge in [0.2, 0.25) is 0 Å². The highest BCUT2D eigenvalue weighted by molar-refractivity contribution is 5.47. The molecular formula is C31H22. The van der Waals surface area contributed by atoms with Gasteiger partial charge in [0.15, 0.2) is 0 Å². The lowest BCUT2D eigenvalue weighted by Gasteiger charge is -2.14. The number of rotatable bonds is 3. The van der Waals surface area contributed by atoms with Crippen molar-refractivity contribution in [1.82, 2.24) is 0 Å². The third kappa shape index (κ3) is 5.42.